The van der Waals surface area contributed by atoms with E-state index in [1.807, 2.05) is 6.92 Å². The van der Waals surface area contributed by atoms with Crippen molar-refractivity contribution >= 4 is 33.2 Å². The quantitative estimate of drug-likeness (QED) is 0.909. The van der Waals surface area contributed by atoms with Crippen LogP contribution in [0.3, 0.4) is 0 Å². The van der Waals surface area contributed by atoms with Crippen molar-refractivity contribution < 1.29 is 8.42 Å². The number of benzene rings is 1. The number of nitrogens with two attached hydrogens (primary N) is 1. The summed E-state index contributed by atoms with van der Waals surface area (Å²) in [6.45, 7) is 4.63. The Morgan fingerprint density at radius 2 is 2.00 bits per heavy atom. The van der Waals surface area contributed by atoms with Crippen molar-refractivity contribution in [3.8, 4) is 0 Å². The molecule has 0 amide bonds. The molecule has 4 nitrogen and oxygen atoms in total. The second-order valence-electron chi connectivity index (χ2n) is 5.52. The number of hydrogen-bond donors (Lipinski definition) is 1. The van der Waals surface area contributed by atoms with Crippen LogP contribution in [-0.4, -0.2) is 25.3 Å². The molecule has 7 heteroatoms. The molecule has 1 aliphatic heterocycles. The number of sulfonamides is 1. The first kappa shape index (κ1) is 17.0. The largest absolute Gasteiger partial charge is 0.326 e. The number of piperidine rings is 1. The van der Waals surface area contributed by atoms with E-state index in [0.29, 0.717) is 23.0 Å². The summed E-state index contributed by atoms with van der Waals surface area (Å²) in [7, 11) is -3.64. The summed E-state index contributed by atoms with van der Waals surface area (Å²) in [5.41, 5.74) is 6.08. The van der Waals surface area contributed by atoms with Crippen LogP contribution in [0.15, 0.2) is 17.0 Å². The molecule has 1 aromatic carbocycles. The third-order valence-electron chi connectivity index (χ3n) is 4.26. The fourth-order valence-corrected chi connectivity index (χ4v) is 5.40. The van der Waals surface area contributed by atoms with E-state index >= 15 is 0 Å². The number of hydrogen-bond acceptors (Lipinski definition) is 3. The highest BCUT2D eigenvalue weighted by molar-refractivity contribution is 7.89. The fraction of sp³-hybridized carbons (Fsp3) is 0.571. The molecule has 0 radical (unpaired) electrons. The molecule has 1 aliphatic rings. The molecule has 0 aliphatic carbocycles. The Morgan fingerprint density at radius 1 is 1.33 bits per heavy atom. The summed E-state index contributed by atoms with van der Waals surface area (Å²) in [5, 5.41) is 0.525. The number of rotatable bonds is 3. The molecule has 0 aromatic heterocycles. The van der Waals surface area contributed by atoms with Gasteiger partial charge in [0.25, 0.3) is 0 Å². The minimum absolute atomic E-state index is 0.0446. The molecule has 1 saturated heterocycles. The Kier molecular flexibility index (Phi) is 5.21. The first-order chi connectivity index (χ1) is 9.80. The van der Waals surface area contributed by atoms with E-state index in [9.17, 15) is 8.42 Å². The molecule has 2 rings (SSSR count). The van der Waals surface area contributed by atoms with Gasteiger partial charge in [0.1, 0.15) is 4.90 Å². The van der Waals surface area contributed by atoms with Crippen molar-refractivity contribution in [3.05, 3.63) is 27.7 Å². The summed E-state index contributed by atoms with van der Waals surface area (Å²) in [6, 6.07) is 2.96. The van der Waals surface area contributed by atoms with Gasteiger partial charge in [-0.25, -0.2) is 8.42 Å². The van der Waals surface area contributed by atoms with Crippen LogP contribution < -0.4 is 5.73 Å². The van der Waals surface area contributed by atoms with E-state index in [1.165, 1.54) is 10.4 Å². The van der Waals surface area contributed by atoms with Gasteiger partial charge < -0.3 is 5.73 Å². The molecule has 2 atom stereocenters. The van der Waals surface area contributed by atoms with E-state index in [1.54, 1.807) is 6.07 Å². The zero-order valence-electron chi connectivity index (χ0n) is 12.1. The van der Waals surface area contributed by atoms with Gasteiger partial charge in [-0.15, -0.1) is 0 Å². The van der Waals surface area contributed by atoms with Gasteiger partial charge in [0.2, 0.25) is 10.0 Å². The SMILES string of the molecule is CC1CCCN(S(=O)(=O)c2ccc(Cl)c(CN)c2Cl)C1C. The minimum atomic E-state index is -3.64. The number of nitrogens with zero attached hydrogens (tertiary/aromatic N) is 1. The monoisotopic (exact) mass is 350 g/mol. The molecular weight excluding hydrogens is 331 g/mol. The third kappa shape index (κ3) is 3.08. The minimum Gasteiger partial charge on any atom is -0.326 e. The molecule has 0 saturated carbocycles. The lowest BCUT2D eigenvalue weighted by atomic mass is 9.94. The Hall–Kier alpha value is -0.330. The highest BCUT2D eigenvalue weighted by atomic mass is 35.5. The molecule has 118 valence electrons. The van der Waals surface area contributed by atoms with Gasteiger partial charge in [0.05, 0.1) is 5.02 Å². The standard InChI is InChI=1S/C14H20Cl2N2O2S/c1-9-4-3-7-18(10(9)2)21(19,20)13-6-5-12(15)11(8-17)14(13)16/h5-6,9-10H,3-4,7-8,17H2,1-2H3. The Morgan fingerprint density at radius 3 is 2.62 bits per heavy atom. The van der Waals surface area contributed by atoms with Crippen molar-refractivity contribution in [2.45, 2.75) is 44.2 Å². The van der Waals surface area contributed by atoms with Crippen molar-refractivity contribution in [3.63, 3.8) is 0 Å². The van der Waals surface area contributed by atoms with Crippen LogP contribution in [0.2, 0.25) is 10.0 Å². The van der Waals surface area contributed by atoms with E-state index < -0.39 is 10.0 Å². The first-order valence-electron chi connectivity index (χ1n) is 6.99. The van der Waals surface area contributed by atoms with Gasteiger partial charge in [-0.3, -0.25) is 0 Å². The number of halogens is 2. The van der Waals surface area contributed by atoms with Crippen LogP contribution in [0.1, 0.15) is 32.3 Å². The summed E-state index contributed by atoms with van der Waals surface area (Å²) >= 11 is 12.2. The molecular formula is C14H20Cl2N2O2S. The lowest BCUT2D eigenvalue weighted by Crippen LogP contribution is -2.46. The van der Waals surface area contributed by atoms with Crippen LogP contribution in [0.4, 0.5) is 0 Å². The van der Waals surface area contributed by atoms with Crippen LogP contribution >= 0.6 is 23.2 Å². The summed E-state index contributed by atoms with van der Waals surface area (Å²) in [4.78, 5) is 0.0926. The van der Waals surface area contributed by atoms with E-state index in [-0.39, 0.29) is 22.5 Å². The van der Waals surface area contributed by atoms with E-state index in [4.69, 9.17) is 28.9 Å². The van der Waals surface area contributed by atoms with Crippen LogP contribution in [0.25, 0.3) is 0 Å². The van der Waals surface area contributed by atoms with Crippen molar-refractivity contribution in [2.24, 2.45) is 11.7 Å². The molecule has 21 heavy (non-hydrogen) atoms. The topological polar surface area (TPSA) is 63.4 Å². The summed E-state index contributed by atoms with van der Waals surface area (Å²) in [5.74, 6) is 0.327. The van der Waals surface area contributed by atoms with Gasteiger partial charge in [0, 0.05) is 29.7 Å². The van der Waals surface area contributed by atoms with Gasteiger partial charge in [-0.1, -0.05) is 30.1 Å². The lowest BCUT2D eigenvalue weighted by molar-refractivity contribution is 0.202. The van der Waals surface area contributed by atoms with Crippen LogP contribution in [-0.2, 0) is 16.6 Å². The maximum atomic E-state index is 12.9. The highest BCUT2D eigenvalue weighted by Gasteiger charge is 2.36. The van der Waals surface area contributed by atoms with Crippen molar-refractivity contribution in [1.29, 1.82) is 0 Å². The van der Waals surface area contributed by atoms with Crippen LogP contribution in [0.5, 0.6) is 0 Å². The fourth-order valence-electron chi connectivity index (χ4n) is 2.73. The second-order valence-corrected chi connectivity index (χ2v) is 8.16. The zero-order chi connectivity index (χ0) is 15.8. The molecule has 1 fully saturated rings. The molecule has 2 N–H and O–H groups in total. The molecule has 1 heterocycles. The predicted octanol–water partition coefficient (Wildman–Crippen LogP) is 3.26. The van der Waals surface area contributed by atoms with Gasteiger partial charge in [-0.2, -0.15) is 4.31 Å². The van der Waals surface area contributed by atoms with E-state index in [0.717, 1.165) is 12.8 Å². The highest BCUT2D eigenvalue weighted by Crippen LogP contribution is 2.35. The predicted molar refractivity (Wildman–Crippen MR) is 86.1 cm³/mol. The molecule has 1 aromatic rings. The molecule has 0 bridgehead atoms. The average Bonchev–Trinajstić information content (AvgIpc) is 2.41. The average molecular weight is 351 g/mol. The first-order valence-corrected chi connectivity index (χ1v) is 9.19. The zero-order valence-corrected chi connectivity index (χ0v) is 14.5. The second kappa shape index (κ2) is 6.42. The third-order valence-corrected chi connectivity index (χ3v) is 7.18. The Labute approximate surface area is 136 Å². The van der Waals surface area contributed by atoms with E-state index in [2.05, 4.69) is 6.92 Å². The molecule has 2 unspecified atom stereocenters. The Balaban J connectivity index is 2.49. The summed E-state index contributed by atoms with van der Waals surface area (Å²) < 4.78 is 27.3. The maximum absolute atomic E-state index is 12.9. The maximum Gasteiger partial charge on any atom is 0.244 e. The van der Waals surface area contributed by atoms with Gasteiger partial charge in [-0.05, 0) is 37.8 Å². The smallest absolute Gasteiger partial charge is 0.244 e. The summed E-state index contributed by atoms with van der Waals surface area (Å²) in [6.07, 6.45) is 1.90. The van der Waals surface area contributed by atoms with Crippen molar-refractivity contribution in [1.82, 2.24) is 4.31 Å². The lowest BCUT2D eigenvalue weighted by Gasteiger charge is -2.37. The van der Waals surface area contributed by atoms with Gasteiger partial charge in [0.15, 0.2) is 0 Å². The van der Waals surface area contributed by atoms with Crippen LogP contribution in [0, 0.1) is 5.92 Å². The normalized spacial score (nSPS) is 24.2. The van der Waals surface area contributed by atoms with Crippen molar-refractivity contribution in [2.75, 3.05) is 6.54 Å². The Bertz CT molecular complexity index is 634. The molecule has 0 spiro atoms. The van der Waals surface area contributed by atoms with Gasteiger partial charge >= 0.3 is 0 Å².